The third kappa shape index (κ3) is 3.99. The summed E-state index contributed by atoms with van der Waals surface area (Å²) in [5, 5.41) is 0. The summed E-state index contributed by atoms with van der Waals surface area (Å²) in [6.07, 6.45) is 3.47. The minimum atomic E-state index is 0.148. The quantitative estimate of drug-likeness (QED) is 0.639. The third-order valence-electron chi connectivity index (χ3n) is 6.61. The number of H-pyrrole nitrogens is 1. The number of hydrogen-bond donors (Lipinski definition) is 1. The molecule has 3 heterocycles. The molecule has 5 rings (SSSR count). The van der Waals surface area contributed by atoms with E-state index in [4.69, 9.17) is 4.74 Å². The van der Waals surface area contributed by atoms with Crippen LogP contribution >= 0.6 is 0 Å². The second-order valence-corrected chi connectivity index (χ2v) is 8.79. The van der Waals surface area contributed by atoms with E-state index in [0.29, 0.717) is 25.6 Å². The van der Waals surface area contributed by atoms with Gasteiger partial charge in [0.1, 0.15) is 18.2 Å². The van der Waals surface area contributed by atoms with Crippen molar-refractivity contribution in [2.24, 2.45) is 5.92 Å². The number of hydrogen-bond acceptors (Lipinski definition) is 3. The van der Waals surface area contributed by atoms with Gasteiger partial charge in [-0.1, -0.05) is 25.5 Å². The molecule has 2 aromatic carbocycles. The molecule has 2 amide bonds. The van der Waals surface area contributed by atoms with Crippen LogP contribution in [0.25, 0.3) is 22.2 Å². The van der Waals surface area contributed by atoms with Crippen LogP contribution in [0.15, 0.2) is 36.4 Å². The standard InChI is InChI=1S/C25H30N4O2/c1-3-18-5-4-10-28(15-18)25(30)29-11-12-31-24-9-7-19(13-21(24)16-29)20-6-8-22-23(14-20)27-17(2)26-22/h6-9,13-14,18H,3-5,10-12,15-16H2,1-2H3,(H,26,27). The number of piperidine rings is 1. The van der Waals surface area contributed by atoms with Gasteiger partial charge in [-0.3, -0.25) is 0 Å². The molecule has 2 aliphatic heterocycles. The maximum atomic E-state index is 13.3. The normalized spacial score (nSPS) is 19.1. The maximum Gasteiger partial charge on any atom is 0.320 e. The first kappa shape index (κ1) is 19.9. The van der Waals surface area contributed by atoms with Crippen LogP contribution in [-0.2, 0) is 6.54 Å². The molecule has 1 fully saturated rings. The first-order valence-electron chi connectivity index (χ1n) is 11.4. The van der Waals surface area contributed by atoms with E-state index in [-0.39, 0.29) is 6.03 Å². The van der Waals surface area contributed by atoms with Crippen molar-refractivity contribution in [1.82, 2.24) is 19.8 Å². The SMILES string of the molecule is CCC1CCCN(C(=O)N2CCOc3ccc(-c4ccc5nc(C)[nH]c5c4)cc3C2)C1. The van der Waals surface area contributed by atoms with E-state index in [0.717, 1.165) is 65.2 Å². The predicted molar refractivity (Wildman–Crippen MR) is 122 cm³/mol. The Labute approximate surface area is 183 Å². The number of imidazole rings is 1. The number of aromatic nitrogens is 2. The van der Waals surface area contributed by atoms with Crippen molar-refractivity contribution in [2.75, 3.05) is 26.2 Å². The highest BCUT2D eigenvalue weighted by Gasteiger charge is 2.28. The fourth-order valence-corrected chi connectivity index (χ4v) is 4.83. The van der Waals surface area contributed by atoms with Crippen molar-refractivity contribution in [1.29, 1.82) is 0 Å². The summed E-state index contributed by atoms with van der Waals surface area (Å²) in [5.41, 5.74) is 5.32. The monoisotopic (exact) mass is 418 g/mol. The molecule has 162 valence electrons. The molecule has 1 atom stereocenters. The molecule has 31 heavy (non-hydrogen) atoms. The van der Waals surface area contributed by atoms with E-state index in [1.165, 1.54) is 6.42 Å². The zero-order chi connectivity index (χ0) is 21.4. The topological polar surface area (TPSA) is 61.5 Å². The van der Waals surface area contributed by atoms with Gasteiger partial charge in [0.05, 0.1) is 24.1 Å². The minimum Gasteiger partial charge on any atom is -0.491 e. The van der Waals surface area contributed by atoms with Gasteiger partial charge in [0.25, 0.3) is 0 Å². The summed E-state index contributed by atoms with van der Waals surface area (Å²) in [6.45, 7) is 7.67. The van der Waals surface area contributed by atoms with E-state index >= 15 is 0 Å². The highest BCUT2D eigenvalue weighted by molar-refractivity contribution is 5.82. The van der Waals surface area contributed by atoms with Crippen molar-refractivity contribution >= 4 is 17.1 Å². The van der Waals surface area contributed by atoms with E-state index < -0.39 is 0 Å². The first-order valence-corrected chi connectivity index (χ1v) is 11.4. The van der Waals surface area contributed by atoms with Gasteiger partial charge >= 0.3 is 6.03 Å². The lowest BCUT2D eigenvalue weighted by atomic mass is 9.96. The average Bonchev–Trinajstić information content (AvgIpc) is 3.04. The van der Waals surface area contributed by atoms with E-state index in [2.05, 4.69) is 41.2 Å². The Bertz CT molecular complexity index is 1110. The van der Waals surface area contributed by atoms with Crippen LogP contribution in [0.5, 0.6) is 5.75 Å². The Hall–Kier alpha value is -3.02. The molecule has 0 radical (unpaired) electrons. The highest BCUT2D eigenvalue weighted by Crippen LogP contribution is 2.31. The number of aromatic amines is 1. The number of carbonyl (C=O) groups excluding carboxylic acids is 1. The van der Waals surface area contributed by atoms with Gasteiger partial charge in [0, 0.05) is 18.7 Å². The molecule has 2 aliphatic rings. The summed E-state index contributed by atoms with van der Waals surface area (Å²) >= 11 is 0. The summed E-state index contributed by atoms with van der Waals surface area (Å²) < 4.78 is 5.99. The largest absolute Gasteiger partial charge is 0.491 e. The van der Waals surface area contributed by atoms with E-state index in [9.17, 15) is 4.79 Å². The van der Waals surface area contributed by atoms with Crippen LogP contribution in [0.2, 0.25) is 0 Å². The Morgan fingerprint density at radius 2 is 2.00 bits per heavy atom. The van der Waals surface area contributed by atoms with Crippen molar-refractivity contribution in [3.8, 4) is 16.9 Å². The zero-order valence-electron chi connectivity index (χ0n) is 18.4. The van der Waals surface area contributed by atoms with Crippen molar-refractivity contribution in [2.45, 2.75) is 39.7 Å². The first-order chi connectivity index (χ1) is 15.1. The van der Waals surface area contributed by atoms with E-state index in [1.807, 2.05) is 28.9 Å². The molecule has 6 heteroatoms. The average molecular weight is 419 g/mol. The molecule has 0 bridgehead atoms. The minimum absolute atomic E-state index is 0.148. The number of aryl methyl sites for hydroxylation is 1. The van der Waals surface area contributed by atoms with E-state index in [1.54, 1.807) is 0 Å². The van der Waals surface area contributed by atoms with Crippen LogP contribution in [0.3, 0.4) is 0 Å². The summed E-state index contributed by atoms with van der Waals surface area (Å²) in [4.78, 5) is 25.1. The summed E-state index contributed by atoms with van der Waals surface area (Å²) in [7, 11) is 0. The Kier molecular flexibility index (Phi) is 5.30. The number of amides is 2. The molecule has 3 aromatic rings. The maximum absolute atomic E-state index is 13.3. The van der Waals surface area contributed by atoms with Gasteiger partial charge in [-0.2, -0.15) is 0 Å². The van der Waals surface area contributed by atoms with Crippen LogP contribution in [0.1, 0.15) is 37.6 Å². The highest BCUT2D eigenvalue weighted by atomic mass is 16.5. The number of carbonyl (C=O) groups is 1. The Morgan fingerprint density at radius 3 is 2.87 bits per heavy atom. The number of benzene rings is 2. The predicted octanol–water partition coefficient (Wildman–Crippen LogP) is 4.97. The van der Waals surface area contributed by atoms with Gasteiger partial charge in [-0.15, -0.1) is 0 Å². The van der Waals surface area contributed by atoms with Crippen LogP contribution < -0.4 is 4.74 Å². The molecule has 1 saturated heterocycles. The number of nitrogens with zero attached hydrogens (tertiary/aromatic N) is 3. The number of rotatable bonds is 2. The third-order valence-corrected chi connectivity index (χ3v) is 6.61. The summed E-state index contributed by atoms with van der Waals surface area (Å²) in [5.74, 6) is 2.42. The zero-order valence-corrected chi connectivity index (χ0v) is 18.4. The number of nitrogens with one attached hydrogen (secondary N) is 1. The van der Waals surface area contributed by atoms with Crippen molar-refractivity contribution in [3.63, 3.8) is 0 Å². The summed E-state index contributed by atoms with van der Waals surface area (Å²) in [6, 6.07) is 12.7. The molecular weight excluding hydrogens is 388 g/mol. The van der Waals surface area contributed by atoms with Gasteiger partial charge in [0.2, 0.25) is 0 Å². The molecular formula is C25H30N4O2. The second kappa shape index (κ2) is 8.25. The lowest BCUT2D eigenvalue weighted by Crippen LogP contribution is -2.47. The fraction of sp³-hybridized carbons (Fsp3) is 0.440. The molecule has 6 nitrogen and oxygen atoms in total. The van der Waals surface area contributed by atoms with Gasteiger partial charge in [-0.25, -0.2) is 9.78 Å². The second-order valence-electron chi connectivity index (χ2n) is 8.79. The lowest BCUT2D eigenvalue weighted by Gasteiger charge is -2.35. The Morgan fingerprint density at radius 1 is 1.16 bits per heavy atom. The smallest absolute Gasteiger partial charge is 0.320 e. The van der Waals surface area contributed by atoms with Gasteiger partial charge < -0.3 is 19.5 Å². The van der Waals surface area contributed by atoms with Gasteiger partial charge in [0.15, 0.2) is 0 Å². The van der Waals surface area contributed by atoms with Crippen LogP contribution in [-0.4, -0.2) is 52.0 Å². The van der Waals surface area contributed by atoms with Crippen LogP contribution in [0, 0.1) is 12.8 Å². The lowest BCUT2D eigenvalue weighted by molar-refractivity contribution is 0.122. The number of likely N-dealkylation sites (tertiary alicyclic amines) is 1. The molecule has 1 unspecified atom stereocenters. The number of fused-ring (bicyclic) bond motifs is 2. The molecule has 0 spiro atoms. The molecule has 0 saturated carbocycles. The number of ether oxygens (including phenoxy) is 1. The fourth-order valence-electron chi connectivity index (χ4n) is 4.83. The number of urea groups is 1. The molecule has 1 N–H and O–H groups in total. The molecule has 1 aromatic heterocycles. The van der Waals surface area contributed by atoms with Gasteiger partial charge in [-0.05, 0) is 61.1 Å². The van der Waals surface area contributed by atoms with Crippen molar-refractivity contribution < 1.29 is 9.53 Å². The Balaban J connectivity index is 1.40. The molecule has 0 aliphatic carbocycles. The van der Waals surface area contributed by atoms with Crippen molar-refractivity contribution in [3.05, 3.63) is 47.8 Å². The van der Waals surface area contributed by atoms with Crippen LogP contribution in [0.4, 0.5) is 4.79 Å².